The Hall–Kier alpha value is -1.76. The number of pyridine rings is 1. The normalized spacial score (nSPS) is 8.63. The van der Waals surface area contributed by atoms with Crippen molar-refractivity contribution in [1.82, 2.24) is 4.98 Å². The van der Waals surface area contributed by atoms with E-state index in [1.807, 2.05) is 30.3 Å². The number of aromatic nitrogens is 1. The molecule has 0 aliphatic rings. The van der Waals surface area contributed by atoms with Gasteiger partial charge in [-0.3, -0.25) is 4.98 Å². The molecule has 0 spiro atoms. The molecule has 0 amide bonds. The Balaban J connectivity index is 0.000000220. The molecule has 2 aromatic carbocycles. The van der Waals surface area contributed by atoms with E-state index < -0.39 is 0 Å². The van der Waals surface area contributed by atoms with Gasteiger partial charge < -0.3 is 0 Å². The average Bonchev–Trinajstić information content (AvgIpc) is 2.51. The Bertz CT molecular complexity index is 474. The van der Waals surface area contributed by atoms with Crippen molar-refractivity contribution in [2.75, 3.05) is 0 Å². The van der Waals surface area contributed by atoms with Gasteiger partial charge in [0.25, 0.3) is 0 Å². The summed E-state index contributed by atoms with van der Waals surface area (Å²) in [5.74, 6) is 0. The topological polar surface area (TPSA) is 12.9 Å². The molecule has 0 fully saturated rings. The number of benzene rings is 2. The third-order valence-electron chi connectivity index (χ3n) is 2.45. The summed E-state index contributed by atoms with van der Waals surface area (Å²) < 4.78 is 0. The van der Waals surface area contributed by atoms with Crippen LogP contribution >= 0.6 is 0 Å². The van der Waals surface area contributed by atoms with Gasteiger partial charge in [-0.2, -0.15) is 0 Å². The molecule has 0 bridgehead atoms. The van der Waals surface area contributed by atoms with Crippen LogP contribution in [0, 0.1) is 0 Å². The second-order valence-corrected chi connectivity index (χ2v) is 3.76. The standard InChI is InChI=1S/C12H10.C5H5N.Ir/c1-3-7-11(8-4-1)12-9-5-2-6-10-12;1-2-4-6-5-3-1;/h1-10H;1-5H;. The zero-order chi connectivity index (χ0) is 12.5. The summed E-state index contributed by atoms with van der Waals surface area (Å²) in [6, 6.07) is 26.5. The van der Waals surface area contributed by atoms with Crippen LogP contribution < -0.4 is 0 Å². The van der Waals surface area contributed by atoms with Crippen LogP contribution in [0.25, 0.3) is 11.1 Å². The summed E-state index contributed by atoms with van der Waals surface area (Å²) in [5, 5.41) is 0. The first kappa shape index (κ1) is 15.3. The van der Waals surface area contributed by atoms with Crippen LogP contribution in [0.5, 0.6) is 0 Å². The maximum atomic E-state index is 3.78. The molecule has 0 saturated heterocycles. The van der Waals surface area contributed by atoms with Gasteiger partial charge in [-0.15, -0.1) is 0 Å². The maximum absolute atomic E-state index is 3.78. The van der Waals surface area contributed by atoms with E-state index in [4.69, 9.17) is 0 Å². The maximum Gasteiger partial charge on any atom is 0.0267 e. The van der Waals surface area contributed by atoms with Crippen molar-refractivity contribution in [3.63, 3.8) is 0 Å². The Labute approximate surface area is 127 Å². The predicted molar refractivity (Wildman–Crippen MR) is 76.1 cm³/mol. The van der Waals surface area contributed by atoms with Gasteiger partial charge in [-0.1, -0.05) is 66.7 Å². The van der Waals surface area contributed by atoms with E-state index in [1.165, 1.54) is 11.1 Å². The fraction of sp³-hybridized carbons (Fsp3) is 0. The molecule has 0 unspecified atom stereocenters. The molecule has 2 heteroatoms. The molecule has 0 saturated carbocycles. The molecule has 3 aromatic rings. The van der Waals surface area contributed by atoms with Crippen molar-refractivity contribution in [2.24, 2.45) is 0 Å². The van der Waals surface area contributed by atoms with Crippen LogP contribution in [0.1, 0.15) is 0 Å². The first-order chi connectivity index (χ1) is 8.97. The largest absolute Gasteiger partial charge is 0.265 e. The third kappa shape index (κ3) is 5.60. The van der Waals surface area contributed by atoms with Crippen LogP contribution in [0.3, 0.4) is 0 Å². The summed E-state index contributed by atoms with van der Waals surface area (Å²) in [4.78, 5) is 3.78. The van der Waals surface area contributed by atoms with E-state index in [0.29, 0.717) is 0 Å². The summed E-state index contributed by atoms with van der Waals surface area (Å²) in [5.41, 5.74) is 2.55. The van der Waals surface area contributed by atoms with Crippen molar-refractivity contribution in [1.29, 1.82) is 0 Å². The van der Waals surface area contributed by atoms with Gasteiger partial charge in [-0.05, 0) is 23.3 Å². The minimum Gasteiger partial charge on any atom is -0.265 e. The first-order valence-corrected chi connectivity index (χ1v) is 5.92. The summed E-state index contributed by atoms with van der Waals surface area (Å²) in [7, 11) is 0. The monoisotopic (exact) mass is 426 g/mol. The molecule has 97 valence electrons. The van der Waals surface area contributed by atoms with Crippen LogP contribution in [-0.4, -0.2) is 4.98 Å². The molecule has 1 heterocycles. The van der Waals surface area contributed by atoms with Gasteiger partial charge in [0, 0.05) is 32.5 Å². The van der Waals surface area contributed by atoms with Gasteiger partial charge in [0.2, 0.25) is 0 Å². The smallest absolute Gasteiger partial charge is 0.0267 e. The minimum absolute atomic E-state index is 0. The molecule has 1 aromatic heterocycles. The molecule has 0 atom stereocenters. The SMILES string of the molecule is [Ir].c1ccc(-c2ccccc2)cc1.c1ccncc1. The van der Waals surface area contributed by atoms with Crippen molar-refractivity contribution in [3.8, 4) is 11.1 Å². The molecule has 3 rings (SSSR count). The van der Waals surface area contributed by atoms with Crippen molar-refractivity contribution in [3.05, 3.63) is 91.3 Å². The van der Waals surface area contributed by atoms with E-state index in [-0.39, 0.29) is 20.1 Å². The molecule has 19 heavy (non-hydrogen) atoms. The number of nitrogens with zero attached hydrogens (tertiary/aromatic N) is 1. The van der Waals surface area contributed by atoms with Gasteiger partial charge in [0.1, 0.15) is 0 Å². The zero-order valence-electron chi connectivity index (χ0n) is 10.4. The van der Waals surface area contributed by atoms with Gasteiger partial charge in [0.15, 0.2) is 0 Å². The van der Waals surface area contributed by atoms with Crippen molar-refractivity contribution < 1.29 is 20.1 Å². The number of rotatable bonds is 1. The fourth-order valence-corrected chi connectivity index (χ4v) is 1.57. The molecular weight excluding hydrogens is 410 g/mol. The van der Waals surface area contributed by atoms with Crippen LogP contribution in [0.4, 0.5) is 0 Å². The molecule has 1 nitrogen and oxygen atoms in total. The Kier molecular flexibility index (Phi) is 7.41. The van der Waals surface area contributed by atoms with Gasteiger partial charge in [-0.25, -0.2) is 0 Å². The zero-order valence-corrected chi connectivity index (χ0v) is 12.8. The second kappa shape index (κ2) is 9.21. The fourth-order valence-electron chi connectivity index (χ4n) is 1.57. The average molecular weight is 426 g/mol. The van der Waals surface area contributed by atoms with E-state index >= 15 is 0 Å². The van der Waals surface area contributed by atoms with E-state index in [1.54, 1.807) is 12.4 Å². The molecule has 0 aliphatic carbocycles. The van der Waals surface area contributed by atoms with Crippen molar-refractivity contribution in [2.45, 2.75) is 0 Å². The molecule has 0 aliphatic heterocycles. The summed E-state index contributed by atoms with van der Waals surface area (Å²) in [6.45, 7) is 0. The number of hydrogen-bond acceptors (Lipinski definition) is 1. The van der Waals surface area contributed by atoms with Crippen LogP contribution in [0.15, 0.2) is 91.3 Å². The first-order valence-electron chi connectivity index (χ1n) is 5.92. The van der Waals surface area contributed by atoms with Crippen molar-refractivity contribution >= 4 is 0 Å². The van der Waals surface area contributed by atoms with Gasteiger partial charge in [0.05, 0.1) is 0 Å². The second-order valence-electron chi connectivity index (χ2n) is 3.76. The summed E-state index contributed by atoms with van der Waals surface area (Å²) >= 11 is 0. The number of hydrogen-bond donors (Lipinski definition) is 0. The van der Waals surface area contributed by atoms with E-state index in [9.17, 15) is 0 Å². The minimum atomic E-state index is 0. The van der Waals surface area contributed by atoms with Crippen LogP contribution in [0.2, 0.25) is 0 Å². The quantitative estimate of drug-likeness (QED) is 0.562. The molecular formula is C17H15IrN. The van der Waals surface area contributed by atoms with E-state index in [0.717, 1.165) is 0 Å². The molecule has 0 N–H and O–H groups in total. The van der Waals surface area contributed by atoms with E-state index in [2.05, 4.69) is 53.5 Å². The van der Waals surface area contributed by atoms with Gasteiger partial charge >= 0.3 is 0 Å². The Morgan fingerprint density at radius 1 is 0.474 bits per heavy atom. The summed E-state index contributed by atoms with van der Waals surface area (Å²) in [6.07, 6.45) is 3.50. The predicted octanol–water partition coefficient (Wildman–Crippen LogP) is 4.43. The molecule has 1 radical (unpaired) electrons. The Morgan fingerprint density at radius 3 is 1.11 bits per heavy atom. The van der Waals surface area contributed by atoms with Crippen LogP contribution in [-0.2, 0) is 20.1 Å². The third-order valence-corrected chi connectivity index (χ3v) is 2.45. The Morgan fingerprint density at radius 2 is 0.842 bits per heavy atom.